The molecule has 0 fully saturated rings. The van der Waals surface area contributed by atoms with Gasteiger partial charge in [-0.25, -0.2) is 8.42 Å². The molecule has 3 rings (SSSR count). The predicted molar refractivity (Wildman–Crippen MR) is 108 cm³/mol. The van der Waals surface area contributed by atoms with Crippen molar-refractivity contribution in [2.75, 3.05) is 19.1 Å². The van der Waals surface area contributed by atoms with E-state index in [1.807, 2.05) is 12.3 Å². The molecule has 26 heavy (non-hydrogen) atoms. The van der Waals surface area contributed by atoms with Crippen LogP contribution in [0.5, 0.6) is 5.75 Å². The molecule has 0 saturated carbocycles. The Morgan fingerprint density at radius 2 is 2.12 bits per heavy atom. The van der Waals surface area contributed by atoms with Crippen LogP contribution in [0.1, 0.15) is 12.5 Å². The van der Waals surface area contributed by atoms with Crippen LogP contribution < -0.4 is 4.74 Å². The van der Waals surface area contributed by atoms with Crippen molar-refractivity contribution < 1.29 is 17.9 Å². The van der Waals surface area contributed by atoms with Gasteiger partial charge in [0.25, 0.3) is 5.91 Å². The van der Waals surface area contributed by atoms with Gasteiger partial charge in [-0.3, -0.25) is 9.78 Å². The first-order valence-corrected chi connectivity index (χ1v) is 11.6. The normalized spacial score (nSPS) is 16.3. The highest BCUT2D eigenvalue weighted by molar-refractivity contribution is 8.40. The number of benzene rings is 1. The Labute approximate surface area is 160 Å². The van der Waals surface area contributed by atoms with Crippen molar-refractivity contribution in [3.05, 3.63) is 34.9 Å². The first kappa shape index (κ1) is 18.9. The number of hydrogen-bond donors (Lipinski definition) is 0. The molecule has 2 heterocycles. The summed E-state index contributed by atoms with van der Waals surface area (Å²) in [5.74, 6) is 0.0131. The summed E-state index contributed by atoms with van der Waals surface area (Å²) in [4.78, 5) is 20.7. The van der Waals surface area contributed by atoms with Gasteiger partial charge in [-0.2, -0.15) is 4.99 Å². The van der Waals surface area contributed by atoms with Crippen LogP contribution >= 0.6 is 23.5 Å². The molecular weight excluding hydrogens is 392 g/mol. The summed E-state index contributed by atoms with van der Waals surface area (Å²) in [6.45, 7) is 2.12. The second-order valence-electron chi connectivity index (χ2n) is 5.43. The summed E-state index contributed by atoms with van der Waals surface area (Å²) in [6.07, 6.45) is 6.04. The molecule has 9 heteroatoms. The molecule has 1 amide bonds. The molecule has 0 radical (unpaired) electrons. The minimum atomic E-state index is -3.48. The van der Waals surface area contributed by atoms with E-state index in [0.717, 1.165) is 11.8 Å². The van der Waals surface area contributed by atoms with Gasteiger partial charge in [-0.05, 0) is 37.0 Å². The van der Waals surface area contributed by atoms with Crippen LogP contribution in [0.3, 0.4) is 0 Å². The van der Waals surface area contributed by atoms with E-state index >= 15 is 0 Å². The smallest absolute Gasteiger partial charge is 0.285 e. The predicted octanol–water partition coefficient (Wildman–Crippen LogP) is 3.37. The molecule has 0 N–H and O–H groups in total. The highest BCUT2D eigenvalue weighted by Crippen LogP contribution is 2.35. The van der Waals surface area contributed by atoms with Crippen LogP contribution in [0.15, 0.2) is 39.2 Å². The van der Waals surface area contributed by atoms with Crippen molar-refractivity contribution in [2.24, 2.45) is 4.99 Å². The molecule has 1 aromatic carbocycles. The van der Waals surface area contributed by atoms with Crippen LogP contribution in [0.25, 0.3) is 17.0 Å². The Bertz CT molecular complexity index is 1060. The summed E-state index contributed by atoms with van der Waals surface area (Å²) in [6, 6.07) is 5.37. The van der Waals surface area contributed by atoms with Gasteiger partial charge in [-0.1, -0.05) is 17.8 Å². The maximum absolute atomic E-state index is 12.1. The highest BCUT2D eigenvalue weighted by atomic mass is 32.2. The maximum Gasteiger partial charge on any atom is 0.285 e. The van der Waals surface area contributed by atoms with E-state index in [1.54, 1.807) is 25.1 Å². The number of carbonyl (C=O) groups is 1. The number of hydrogen-bond acceptors (Lipinski definition) is 7. The van der Waals surface area contributed by atoms with Crippen molar-refractivity contribution in [2.45, 2.75) is 11.8 Å². The van der Waals surface area contributed by atoms with Crippen molar-refractivity contribution in [3.8, 4) is 5.75 Å². The lowest BCUT2D eigenvalue weighted by molar-refractivity contribution is -0.113. The van der Waals surface area contributed by atoms with Gasteiger partial charge in [0.2, 0.25) is 0 Å². The van der Waals surface area contributed by atoms with E-state index in [1.165, 1.54) is 29.7 Å². The Kier molecular flexibility index (Phi) is 5.40. The molecule has 0 spiro atoms. The standard InChI is InChI=1S/C17H16N2O4S3/c1-4-23-15-11-7-10(8-13-16(20)19-17(24-2)25-13)5-6-12(11)18-9-14(15)26(3,21)22/h5-9H,4H2,1-3H3/b13-8-. The first-order chi connectivity index (χ1) is 12.3. The lowest BCUT2D eigenvalue weighted by Gasteiger charge is -2.12. The Hall–Kier alpha value is -1.84. The van der Waals surface area contributed by atoms with Crippen LogP contribution in [-0.2, 0) is 14.6 Å². The molecular formula is C17H16N2O4S3. The van der Waals surface area contributed by atoms with E-state index in [2.05, 4.69) is 9.98 Å². The monoisotopic (exact) mass is 408 g/mol. The number of amides is 1. The fourth-order valence-electron chi connectivity index (χ4n) is 2.44. The number of fused-ring (bicyclic) bond motifs is 1. The Balaban J connectivity index is 2.13. The molecule has 0 aliphatic carbocycles. The van der Waals surface area contributed by atoms with Gasteiger partial charge in [-0.15, -0.1) is 11.8 Å². The van der Waals surface area contributed by atoms with Gasteiger partial charge < -0.3 is 4.74 Å². The summed E-state index contributed by atoms with van der Waals surface area (Å²) in [7, 11) is -3.48. The third-order valence-electron chi connectivity index (χ3n) is 3.57. The molecule has 1 aromatic heterocycles. The van der Waals surface area contributed by atoms with E-state index in [0.29, 0.717) is 26.8 Å². The zero-order chi connectivity index (χ0) is 18.9. The summed E-state index contributed by atoms with van der Waals surface area (Å²) in [5.41, 5.74) is 1.37. The minimum Gasteiger partial charge on any atom is -0.492 e. The zero-order valence-corrected chi connectivity index (χ0v) is 16.8. The van der Waals surface area contributed by atoms with Crippen molar-refractivity contribution in [3.63, 3.8) is 0 Å². The number of rotatable bonds is 4. The van der Waals surface area contributed by atoms with Gasteiger partial charge in [0, 0.05) is 11.6 Å². The second kappa shape index (κ2) is 7.42. The lowest BCUT2D eigenvalue weighted by atomic mass is 10.1. The average Bonchev–Trinajstić information content (AvgIpc) is 2.94. The second-order valence-corrected chi connectivity index (χ2v) is 9.50. The fourth-order valence-corrected chi connectivity index (χ4v) is 4.61. The van der Waals surface area contributed by atoms with Gasteiger partial charge in [0.1, 0.15) is 15.0 Å². The molecule has 6 nitrogen and oxygen atoms in total. The fraction of sp³-hybridized carbons (Fsp3) is 0.235. The quantitative estimate of drug-likeness (QED) is 0.717. The molecule has 1 aliphatic rings. The number of pyridine rings is 1. The third-order valence-corrected chi connectivity index (χ3v) is 6.63. The summed E-state index contributed by atoms with van der Waals surface area (Å²) >= 11 is 2.74. The Morgan fingerprint density at radius 1 is 1.35 bits per heavy atom. The summed E-state index contributed by atoms with van der Waals surface area (Å²) < 4.78 is 30.4. The Morgan fingerprint density at radius 3 is 2.73 bits per heavy atom. The van der Waals surface area contributed by atoms with E-state index in [9.17, 15) is 13.2 Å². The van der Waals surface area contributed by atoms with Gasteiger partial charge in [0.05, 0.1) is 23.2 Å². The minimum absolute atomic E-state index is 0.0518. The molecule has 136 valence electrons. The van der Waals surface area contributed by atoms with E-state index < -0.39 is 9.84 Å². The number of carbonyl (C=O) groups excluding carboxylic acids is 1. The number of aliphatic imine (C=N–C) groups is 1. The lowest BCUT2D eigenvalue weighted by Crippen LogP contribution is -2.04. The van der Waals surface area contributed by atoms with Crippen LogP contribution in [0.4, 0.5) is 0 Å². The highest BCUT2D eigenvalue weighted by Gasteiger charge is 2.22. The van der Waals surface area contributed by atoms with Crippen LogP contribution in [-0.4, -0.2) is 42.8 Å². The molecule has 0 saturated heterocycles. The first-order valence-electron chi connectivity index (χ1n) is 7.65. The van der Waals surface area contributed by atoms with Crippen LogP contribution in [0.2, 0.25) is 0 Å². The number of ether oxygens (including phenoxy) is 1. The van der Waals surface area contributed by atoms with Gasteiger partial charge in [0.15, 0.2) is 9.84 Å². The van der Waals surface area contributed by atoms with Crippen LogP contribution in [0, 0.1) is 0 Å². The molecule has 0 atom stereocenters. The van der Waals surface area contributed by atoms with Crippen molar-refractivity contribution in [1.29, 1.82) is 0 Å². The molecule has 0 bridgehead atoms. The largest absolute Gasteiger partial charge is 0.492 e. The number of thioether (sulfide) groups is 2. The van der Waals surface area contributed by atoms with Crippen molar-refractivity contribution in [1.82, 2.24) is 4.98 Å². The van der Waals surface area contributed by atoms with E-state index in [4.69, 9.17) is 4.74 Å². The van der Waals surface area contributed by atoms with Crippen molar-refractivity contribution >= 4 is 60.6 Å². The summed E-state index contributed by atoms with van der Waals surface area (Å²) in [5, 5.41) is 0.588. The third kappa shape index (κ3) is 3.79. The molecule has 2 aromatic rings. The molecule has 1 aliphatic heterocycles. The number of sulfone groups is 1. The average molecular weight is 409 g/mol. The zero-order valence-electron chi connectivity index (χ0n) is 14.3. The van der Waals surface area contributed by atoms with Gasteiger partial charge >= 0.3 is 0 Å². The SMILES string of the molecule is CCOc1c(S(C)(=O)=O)cnc2ccc(/C=C3\SC(SC)=NC3=O)cc12. The number of nitrogens with zero attached hydrogens (tertiary/aromatic N) is 2. The topological polar surface area (TPSA) is 85.7 Å². The maximum atomic E-state index is 12.1. The number of aromatic nitrogens is 1. The molecule has 0 unspecified atom stereocenters. The van der Waals surface area contributed by atoms with E-state index in [-0.39, 0.29) is 16.6 Å².